The standard InChI is InChI=1S/C33H33N3O2/c1-24(27-8-4-3-5-9-27)30(20-33(37)35-21-25-16-18-34-19-17-25)31-23-36(32-11-7-6-10-29(31)32)22-26-12-14-28(38-2)15-13-26/h3-19,23-24,30H,20-22H2,1-2H3,(H,35,37)/t24-,30-/m0/s1. The van der Waals surface area contributed by atoms with Crippen molar-refractivity contribution in [1.82, 2.24) is 14.9 Å². The van der Waals surface area contributed by atoms with Crippen molar-refractivity contribution in [3.8, 4) is 5.75 Å². The Morgan fingerprint density at radius 3 is 2.34 bits per heavy atom. The van der Waals surface area contributed by atoms with E-state index in [1.807, 2.05) is 30.3 Å². The number of carbonyl (C=O) groups is 1. The number of carbonyl (C=O) groups excluding carboxylic acids is 1. The molecule has 0 fully saturated rings. The Bertz CT molecular complexity index is 1480. The third kappa shape index (κ3) is 5.78. The highest BCUT2D eigenvalue weighted by molar-refractivity contribution is 5.86. The zero-order valence-electron chi connectivity index (χ0n) is 21.9. The van der Waals surface area contributed by atoms with Gasteiger partial charge in [-0.3, -0.25) is 9.78 Å². The molecule has 2 heterocycles. The number of rotatable bonds is 10. The summed E-state index contributed by atoms with van der Waals surface area (Å²) >= 11 is 0. The van der Waals surface area contributed by atoms with E-state index in [1.54, 1.807) is 19.5 Å². The number of nitrogens with one attached hydrogen (secondary N) is 1. The Balaban J connectivity index is 1.48. The topological polar surface area (TPSA) is 56.1 Å². The summed E-state index contributed by atoms with van der Waals surface area (Å²) in [7, 11) is 1.68. The zero-order valence-corrected chi connectivity index (χ0v) is 21.9. The minimum absolute atomic E-state index is 0.0110. The molecule has 192 valence electrons. The quantitative estimate of drug-likeness (QED) is 0.231. The predicted molar refractivity (Wildman–Crippen MR) is 152 cm³/mol. The fourth-order valence-electron chi connectivity index (χ4n) is 5.15. The lowest BCUT2D eigenvalue weighted by Crippen LogP contribution is -2.26. The van der Waals surface area contributed by atoms with Gasteiger partial charge in [0.1, 0.15) is 5.75 Å². The molecule has 0 saturated heterocycles. The van der Waals surface area contributed by atoms with E-state index in [4.69, 9.17) is 4.74 Å². The van der Waals surface area contributed by atoms with Crippen molar-refractivity contribution in [1.29, 1.82) is 0 Å². The Labute approximate surface area is 224 Å². The number of para-hydroxylation sites is 1. The van der Waals surface area contributed by atoms with Gasteiger partial charge in [0.05, 0.1) is 7.11 Å². The first-order chi connectivity index (χ1) is 18.6. The Kier molecular flexibility index (Phi) is 7.84. The third-order valence-corrected chi connectivity index (χ3v) is 7.30. The number of benzene rings is 3. The maximum atomic E-state index is 13.3. The van der Waals surface area contributed by atoms with E-state index in [0.717, 1.165) is 17.9 Å². The summed E-state index contributed by atoms with van der Waals surface area (Å²) in [6, 6.07) is 31.0. The summed E-state index contributed by atoms with van der Waals surface area (Å²) in [4.78, 5) is 17.4. The first-order valence-corrected chi connectivity index (χ1v) is 13.0. The molecule has 0 aliphatic rings. The average Bonchev–Trinajstić information content (AvgIpc) is 3.34. The smallest absolute Gasteiger partial charge is 0.220 e. The second kappa shape index (κ2) is 11.8. The van der Waals surface area contributed by atoms with Crippen LogP contribution in [-0.4, -0.2) is 22.6 Å². The highest BCUT2D eigenvalue weighted by Gasteiger charge is 2.27. The maximum Gasteiger partial charge on any atom is 0.220 e. The number of amides is 1. The largest absolute Gasteiger partial charge is 0.497 e. The van der Waals surface area contributed by atoms with Crippen molar-refractivity contribution in [3.63, 3.8) is 0 Å². The second-order valence-corrected chi connectivity index (χ2v) is 9.72. The van der Waals surface area contributed by atoms with Gasteiger partial charge in [-0.15, -0.1) is 0 Å². The normalized spacial score (nSPS) is 12.7. The average molecular weight is 504 g/mol. The van der Waals surface area contributed by atoms with Gasteiger partial charge >= 0.3 is 0 Å². The van der Waals surface area contributed by atoms with Gasteiger partial charge in [0, 0.05) is 54.9 Å². The molecule has 0 aliphatic heterocycles. The molecular weight excluding hydrogens is 470 g/mol. The van der Waals surface area contributed by atoms with Gasteiger partial charge in [0.2, 0.25) is 5.91 Å². The third-order valence-electron chi connectivity index (χ3n) is 7.30. The van der Waals surface area contributed by atoms with E-state index in [9.17, 15) is 4.79 Å². The zero-order chi connectivity index (χ0) is 26.3. The molecule has 38 heavy (non-hydrogen) atoms. The first kappa shape index (κ1) is 25.3. The molecule has 2 atom stereocenters. The number of methoxy groups -OCH3 is 1. The van der Waals surface area contributed by atoms with Crippen LogP contribution in [0.15, 0.2) is 110 Å². The van der Waals surface area contributed by atoms with Crippen LogP contribution in [0.3, 0.4) is 0 Å². The molecule has 3 aromatic carbocycles. The van der Waals surface area contributed by atoms with Crippen LogP contribution in [0.1, 0.15) is 47.4 Å². The van der Waals surface area contributed by atoms with Gasteiger partial charge in [-0.05, 0) is 58.5 Å². The van der Waals surface area contributed by atoms with Crippen LogP contribution in [0.25, 0.3) is 10.9 Å². The van der Waals surface area contributed by atoms with Crippen LogP contribution >= 0.6 is 0 Å². The predicted octanol–water partition coefficient (Wildman–Crippen LogP) is 6.69. The van der Waals surface area contributed by atoms with Gasteiger partial charge in [0.15, 0.2) is 0 Å². The van der Waals surface area contributed by atoms with E-state index in [0.29, 0.717) is 13.0 Å². The summed E-state index contributed by atoms with van der Waals surface area (Å²) < 4.78 is 7.63. The monoisotopic (exact) mass is 503 g/mol. The summed E-state index contributed by atoms with van der Waals surface area (Å²) in [6.45, 7) is 3.46. The number of hydrogen-bond acceptors (Lipinski definition) is 3. The Morgan fingerprint density at radius 2 is 1.61 bits per heavy atom. The van der Waals surface area contributed by atoms with Crippen LogP contribution in [0.4, 0.5) is 0 Å². The highest BCUT2D eigenvalue weighted by Crippen LogP contribution is 2.40. The van der Waals surface area contributed by atoms with E-state index in [-0.39, 0.29) is 17.7 Å². The fourth-order valence-corrected chi connectivity index (χ4v) is 5.15. The van der Waals surface area contributed by atoms with Crippen LogP contribution in [-0.2, 0) is 17.9 Å². The number of ether oxygens (including phenoxy) is 1. The lowest BCUT2D eigenvalue weighted by Gasteiger charge is -2.24. The molecule has 2 aromatic heterocycles. The van der Waals surface area contributed by atoms with Gasteiger partial charge < -0.3 is 14.6 Å². The Morgan fingerprint density at radius 1 is 0.895 bits per heavy atom. The molecule has 0 unspecified atom stereocenters. The molecule has 0 bridgehead atoms. The fraction of sp³-hybridized carbons (Fsp3) is 0.212. The van der Waals surface area contributed by atoms with Crippen molar-refractivity contribution >= 4 is 16.8 Å². The van der Waals surface area contributed by atoms with Crippen molar-refractivity contribution in [2.24, 2.45) is 0 Å². The van der Waals surface area contributed by atoms with E-state index >= 15 is 0 Å². The van der Waals surface area contributed by atoms with Crippen LogP contribution in [0, 0.1) is 0 Å². The maximum absolute atomic E-state index is 13.3. The van der Waals surface area contributed by atoms with Gasteiger partial charge in [-0.25, -0.2) is 0 Å². The first-order valence-electron chi connectivity index (χ1n) is 13.0. The molecule has 0 saturated carbocycles. The number of pyridine rings is 1. The molecular formula is C33H33N3O2. The van der Waals surface area contributed by atoms with Gasteiger partial charge in [-0.1, -0.05) is 67.6 Å². The molecule has 5 heteroatoms. The van der Waals surface area contributed by atoms with E-state index in [1.165, 1.54) is 27.6 Å². The summed E-state index contributed by atoms with van der Waals surface area (Å²) in [6.07, 6.45) is 6.14. The second-order valence-electron chi connectivity index (χ2n) is 9.72. The molecule has 1 amide bonds. The lowest BCUT2D eigenvalue weighted by atomic mass is 9.80. The molecule has 0 spiro atoms. The molecule has 5 aromatic rings. The van der Waals surface area contributed by atoms with Crippen LogP contribution < -0.4 is 10.1 Å². The minimum atomic E-state index is 0.0110. The van der Waals surface area contributed by atoms with Crippen molar-refractivity contribution in [2.45, 2.75) is 38.3 Å². The Hall–Kier alpha value is -4.38. The van der Waals surface area contributed by atoms with Gasteiger partial charge in [-0.2, -0.15) is 0 Å². The van der Waals surface area contributed by atoms with Crippen molar-refractivity contribution in [2.75, 3.05) is 7.11 Å². The molecule has 1 N–H and O–H groups in total. The van der Waals surface area contributed by atoms with E-state index in [2.05, 4.69) is 88.7 Å². The minimum Gasteiger partial charge on any atom is -0.497 e. The summed E-state index contributed by atoms with van der Waals surface area (Å²) in [5.74, 6) is 1.06. The van der Waals surface area contributed by atoms with Gasteiger partial charge in [0.25, 0.3) is 0 Å². The molecule has 5 nitrogen and oxygen atoms in total. The number of aromatic nitrogens is 2. The number of fused-ring (bicyclic) bond motifs is 1. The SMILES string of the molecule is COc1ccc(Cn2cc([C@@H](CC(=O)NCc3ccncc3)[C@@H](C)c3ccccc3)c3ccccc32)cc1. The van der Waals surface area contributed by atoms with Crippen molar-refractivity contribution in [3.05, 3.63) is 132 Å². The molecule has 5 rings (SSSR count). The molecule has 0 radical (unpaired) electrons. The highest BCUT2D eigenvalue weighted by atomic mass is 16.5. The van der Waals surface area contributed by atoms with E-state index < -0.39 is 0 Å². The number of nitrogens with zero attached hydrogens (tertiary/aromatic N) is 2. The summed E-state index contributed by atoms with van der Waals surface area (Å²) in [5.41, 5.74) is 5.83. The summed E-state index contributed by atoms with van der Waals surface area (Å²) in [5, 5.41) is 4.32. The van der Waals surface area contributed by atoms with Crippen LogP contribution in [0.2, 0.25) is 0 Å². The molecule has 0 aliphatic carbocycles. The lowest BCUT2D eigenvalue weighted by molar-refractivity contribution is -0.121. The van der Waals surface area contributed by atoms with Crippen LogP contribution in [0.5, 0.6) is 5.75 Å². The van der Waals surface area contributed by atoms with Crippen molar-refractivity contribution < 1.29 is 9.53 Å². The number of hydrogen-bond donors (Lipinski definition) is 1.